The number of hydrogen-bond donors (Lipinski definition) is 1. The van der Waals surface area contributed by atoms with Gasteiger partial charge in [-0.3, -0.25) is 9.78 Å². The minimum absolute atomic E-state index is 0.0664. The molecule has 0 aromatic carbocycles. The van der Waals surface area contributed by atoms with Crippen molar-refractivity contribution < 1.29 is 4.79 Å². The van der Waals surface area contributed by atoms with E-state index in [1.165, 1.54) is 11.3 Å². The van der Waals surface area contributed by atoms with E-state index in [0.717, 1.165) is 17.5 Å². The number of rotatable bonds is 4. The van der Waals surface area contributed by atoms with E-state index < -0.39 is 0 Å². The van der Waals surface area contributed by atoms with Crippen LogP contribution in [0.3, 0.4) is 0 Å². The van der Waals surface area contributed by atoms with E-state index in [0.29, 0.717) is 29.0 Å². The number of thiophene rings is 1. The standard InChI is InChI=1S/C14H14N4OS/c15-6-2-8-18(9-4-5-9)14(19)13-11(16)12-10(20-13)3-1-7-17-12/h1,3,7,9H,2,4-5,8,16H2. The van der Waals surface area contributed by atoms with Crippen LogP contribution in [0, 0.1) is 11.3 Å². The summed E-state index contributed by atoms with van der Waals surface area (Å²) >= 11 is 1.38. The molecule has 2 N–H and O–H groups in total. The molecule has 1 amide bonds. The van der Waals surface area contributed by atoms with Gasteiger partial charge in [0.25, 0.3) is 5.91 Å². The summed E-state index contributed by atoms with van der Waals surface area (Å²) in [6, 6.07) is 6.11. The van der Waals surface area contributed by atoms with Crippen molar-refractivity contribution in [1.29, 1.82) is 5.26 Å². The summed E-state index contributed by atoms with van der Waals surface area (Å²) in [5, 5.41) is 8.72. The van der Waals surface area contributed by atoms with Crippen molar-refractivity contribution in [2.75, 3.05) is 12.3 Å². The zero-order valence-corrected chi connectivity index (χ0v) is 11.7. The van der Waals surface area contributed by atoms with Crippen molar-refractivity contribution in [1.82, 2.24) is 9.88 Å². The zero-order chi connectivity index (χ0) is 14.1. The Morgan fingerprint density at radius 3 is 3.05 bits per heavy atom. The monoisotopic (exact) mass is 286 g/mol. The summed E-state index contributed by atoms with van der Waals surface area (Å²) < 4.78 is 0.921. The smallest absolute Gasteiger partial charge is 0.266 e. The third-order valence-corrected chi connectivity index (χ3v) is 4.54. The Bertz CT molecular complexity index is 699. The maximum atomic E-state index is 12.6. The van der Waals surface area contributed by atoms with Crippen LogP contribution in [0.25, 0.3) is 10.2 Å². The third-order valence-electron chi connectivity index (χ3n) is 3.39. The van der Waals surface area contributed by atoms with Gasteiger partial charge >= 0.3 is 0 Å². The summed E-state index contributed by atoms with van der Waals surface area (Å²) in [6.45, 7) is 0.473. The number of nitrogens with zero attached hydrogens (tertiary/aromatic N) is 3. The first-order valence-electron chi connectivity index (χ1n) is 6.53. The van der Waals surface area contributed by atoms with Crippen LogP contribution in [0.1, 0.15) is 28.9 Å². The van der Waals surface area contributed by atoms with Crippen LogP contribution in [0.5, 0.6) is 0 Å². The van der Waals surface area contributed by atoms with Crippen molar-refractivity contribution >= 4 is 33.1 Å². The van der Waals surface area contributed by atoms with Gasteiger partial charge in [0.1, 0.15) is 10.4 Å². The lowest BCUT2D eigenvalue weighted by Crippen LogP contribution is -2.33. The van der Waals surface area contributed by atoms with Crippen molar-refractivity contribution in [3.8, 4) is 6.07 Å². The van der Waals surface area contributed by atoms with Gasteiger partial charge in [-0.25, -0.2) is 0 Å². The minimum atomic E-state index is -0.0664. The molecule has 2 aromatic heterocycles. The van der Waals surface area contributed by atoms with Crippen LogP contribution in [0.4, 0.5) is 5.69 Å². The largest absolute Gasteiger partial charge is 0.396 e. The topological polar surface area (TPSA) is 83.0 Å². The number of nitriles is 1. The molecule has 0 bridgehead atoms. The molecule has 1 fully saturated rings. The Kier molecular flexibility index (Phi) is 3.28. The lowest BCUT2D eigenvalue weighted by Gasteiger charge is -2.20. The first-order chi connectivity index (χ1) is 9.72. The van der Waals surface area contributed by atoms with Gasteiger partial charge in [-0.1, -0.05) is 0 Å². The minimum Gasteiger partial charge on any atom is -0.396 e. The molecule has 3 rings (SSSR count). The molecular weight excluding hydrogens is 272 g/mol. The van der Waals surface area contributed by atoms with Gasteiger partial charge < -0.3 is 10.6 Å². The molecule has 0 saturated heterocycles. The molecule has 0 aliphatic heterocycles. The Morgan fingerprint density at radius 2 is 2.40 bits per heavy atom. The predicted molar refractivity (Wildman–Crippen MR) is 78.3 cm³/mol. The predicted octanol–water partition coefficient (Wildman–Crippen LogP) is 2.40. The van der Waals surface area contributed by atoms with Gasteiger partial charge in [-0.15, -0.1) is 11.3 Å². The number of carbonyl (C=O) groups is 1. The lowest BCUT2D eigenvalue weighted by molar-refractivity contribution is 0.0753. The molecule has 5 nitrogen and oxygen atoms in total. The maximum Gasteiger partial charge on any atom is 0.266 e. The van der Waals surface area contributed by atoms with E-state index in [2.05, 4.69) is 11.1 Å². The maximum absolute atomic E-state index is 12.6. The number of aromatic nitrogens is 1. The second kappa shape index (κ2) is 5.10. The Labute approximate surface area is 120 Å². The van der Waals surface area contributed by atoms with Crippen LogP contribution >= 0.6 is 11.3 Å². The van der Waals surface area contributed by atoms with Crippen LogP contribution < -0.4 is 5.73 Å². The molecule has 1 aliphatic rings. The normalized spacial score (nSPS) is 14.2. The summed E-state index contributed by atoms with van der Waals surface area (Å²) in [4.78, 5) is 19.2. The second-order valence-electron chi connectivity index (χ2n) is 4.83. The fourth-order valence-electron chi connectivity index (χ4n) is 2.24. The molecule has 20 heavy (non-hydrogen) atoms. The van der Waals surface area contributed by atoms with Gasteiger partial charge in [-0.05, 0) is 25.0 Å². The zero-order valence-electron chi connectivity index (χ0n) is 10.9. The molecule has 2 heterocycles. The van der Waals surface area contributed by atoms with Crippen molar-refractivity contribution in [3.63, 3.8) is 0 Å². The quantitative estimate of drug-likeness (QED) is 0.935. The highest BCUT2D eigenvalue weighted by Crippen LogP contribution is 2.35. The highest BCUT2D eigenvalue weighted by molar-refractivity contribution is 7.21. The molecule has 2 aromatic rings. The first kappa shape index (κ1) is 12.9. The SMILES string of the molecule is N#CCCN(C(=O)c1sc2cccnc2c1N)C1CC1. The molecule has 102 valence electrons. The number of fused-ring (bicyclic) bond motifs is 1. The van der Waals surface area contributed by atoms with Gasteiger partial charge in [-0.2, -0.15) is 5.26 Å². The third kappa shape index (κ3) is 2.21. The number of carbonyl (C=O) groups excluding carboxylic acids is 1. The molecule has 0 atom stereocenters. The Balaban J connectivity index is 1.94. The Morgan fingerprint density at radius 1 is 1.60 bits per heavy atom. The van der Waals surface area contributed by atoms with E-state index in [1.807, 2.05) is 12.1 Å². The van der Waals surface area contributed by atoms with Crippen LogP contribution in [0.2, 0.25) is 0 Å². The van der Waals surface area contributed by atoms with Gasteiger partial charge in [0, 0.05) is 18.8 Å². The second-order valence-corrected chi connectivity index (χ2v) is 5.89. The number of nitrogen functional groups attached to an aromatic ring is 1. The molecule has 0 spiro atoms. The average Bonchev–Trinajstić information content (AvgIpc) is 3.24. The number of anilines is 1. The van der Waals surface area contributed by atoms with E-state index >= 15 is 0 Å². The summed E-state index contributed by atoms with van der Waals surface area (Å²) in [6.07, 6.45) is 4.06. The fourth-order valence-corrected chi connectivity index (χ4v) is 3.28. The van der Waals surface area contributed by atoms with Crippen LogP contribution in [0.15, 0.2) is 18.3 Å². The summed E-state index contributed by atoms with van der Waals surface area (Å²) in [5.41, 5.74) is 7.21. The number of hydrogen-bond acceptors (Lipinski definition) is 5. The summed E-state index contributed by atoms with van der Waals surface area (Å²) in [7, 11) is 0. The van der Waals surface area contributed by atoms with Crippen molar-refractivity contribution in [2.24, 2.45) is 0 Å². The fraction of sp³-hybridized carbons (Fsp3) is 0.357. The van der Waals surface area contributed by atoms with Gasteiger partial charge in [0.05, 0.1) is 22.9 Å². The van der Waals surface area contributed by atoms with E-state index in [9.17, 15) is 4.79 Å². The highest BCUT2D eigenvalue weighted by atomic mass is 32.1. The molecule has 0 radical (unpaired) electrons. The number of amides is 1. The van der Waals surface area contributed by atoms with Crippen molar-refractivity contribution in [3.05, 3.63) is 23.2 Å². The van der Waals surface area contributed by atoms with E-state index in [4.69, 9.17) is 11.0 Å². The lowest BCUT2D eigenvalue weighted by atomic mass is 10.3. The molecule has 1 aliphatic carbocycles. The van der Waals surface area contributed by atoms with E-state index in [1.54, 1.807) is 11.1 Å². The molecular formula is C14H14N4OS. The van der Waals surface area contributed by atoms with Gasteiger partial charge in [0.15, 0.2) is 0 Å². The van der Waals surface area contributed by atoms with Gasteiger partial charge in [0.2, 0.25) is 0 Å². The molecule has 6 heteroatoms. The Hall–Kier alpha value is -2.13. The van der Waals surface area contributed by atoms with Crippen molar-refractivity contribution in [2.45, 2.75) is 25.3 Å². The van der Waals surface area contributed by atoms with E-state index in [-0.39, 0.29) is 11.9 Å². The first-order valence-corrected chi connectivity index (χ1v) is 7.35. The molecule has 0 unspecified atom stereocenters. The average molecular weight is 286 g/mol. The highest BCUT2D eigenvalue weighted by Gasteiger charge is 2.34. The van der Waals surface area contributed by atoms with Crippen LogP contribution in [-0.2, 0) is 0 Å². The summed E-state index contributed by atoms with van der Waals surface area (Å²) in [5.74, 6) is -0.0664. The van der Waals surface area contributed by atoms with Crippen LogP contribution in [-0.4, -0.2) is 28.4 Å². The number of pyridine rings is 1. The molecule has 1 saturated carbocycles. The number of nitrogens with two attached hydrogens (primary N) is 1.